The molecular formula is C10H23N3O. The van der Waals surface area contributed by atoms with E-state index in [0.29, 0.717) is 5.92 Å². The van der Waals surface area contributed by atoms with Crippen LogP contribution in [-0.4, -0.2) is 30.4 Å². The Morgan fingerprint density at radius 2 is 2.07 bits per heavy atom. The average Bonchev–Trinajstić information content (AvgIpc) is 2.15. The van der Waals surface area contributed by atoms with Crippen molar-refractivity contribution in [2.24, 2.45) is 11.8 Å². The van der Waals surface area contributed by atoms with Crippen molar-refractivity contribution < 1.29 is 4.79 Å². The summed E-state index contributed by atoms with van der Waals surface area (Å²) >= 11 is 0. The van der Waals surface area contributed by atoms with Gasteiger partial charge in [0.2, 0.25) is 0 Å². The number of hydrogen-bond donors (Lipinski definition) is 2. The summed E-state index contributed by atoms with van der Waals surface area (Å²) < 4.78 is 0. The van der Waals surface area contributed by atoms with Gasteiger partial charge in [0.05, 0.1) is 6.04 Å². The van der Waals surface area contributed by atoms with Gasteiger partial charge in [-0.2, -0.15) is 0 Å². The first kappa shape index (κ1) is 13.4. The summed E-state index contributed by atoms with van der Waals surface area (Å²) in [5, 5.41) is 0. The van der Waals surface area contributed by atoms with Crippen LogP contribution in [0.25, 0.3) is 0 Å². The van der Waals surface area contributed by atoms with E-state index in [0.717, 1.165) is 19.4 Å². The molecule has 0 fully saturated rings. The Labute approximate surface area is 86.8 Å². The lowest BCUT2D eigenvalue weighted by Crippen LogP contribution is -2.47. The number of likely N-dealkylation sites (N-methyl/N-ethyl adjacent to an activating group) is 1. The van der Waals surface area contributed by atoms with E-state index in [2.05, 4.69) is 24.2 Å². The van der Waals surface area contributed by atoms with Gasteiger partial charge in [-0.25, -0.2) is 5.84 Å². The molecule has 84 valence electrons. The largest absolute Gasteiger partial charge is 0.295 e. The van der Waals surface area contributed by atoms with E-state index >= 15 is 0 Å². The highest BCUT2D eigenvalue weighted by atomic mass is 16.2. The van der Waals surface area contributed by atoms with Crippen molar-refractivity contribution >= 4 is 5.91 Å². The van der Waals surface area contributed by atoms with Gasteiger partial charge in [-0.15, -0.1) is 0 Å². The van der Waals surface area contributed by atoms with Crippen molar-refractivity contribution in [1.29, 1.82) is 0 Å². The molecule has 4 nitrogen and oxygen atoms in total. The number of nitrogens with two attached hydrogens (primary N) is 1. The molecule has 1 amide bonds. The van der Waals surface area contributed by atoms with E-state index in [-0.39, 0.29) is 11.9 Å². The predicted octanol–water partition coefficient (Wildman–Crippen LogP) is 0.733. The number of hydrazine groups is 1. The van der Waals surface area contributed by atoms with Crippen LogP contribution in [-0.2, 0) is 4.79 Å². The van der Waals surface area contributed by atoms with Crippen LogP contribution in [0.1, 0.15) is 33.6 Å². The van der Waals surface area contributed by atoms with E-state index in [4.69, 9.17) is 5.84 Å². The third kappa shape index (κ3) is 4.58. The van der Waals surface area contributed by atoms with Crippen molar-refractivity contribution in [3.63, 3.8) is 0 Å². The van der Waals surface area contributed by atoms with E-state index < -0.39 is 0 Å². The fourth-order valence-electron chi connectivity index (χ4n) is 1.41. The van der Waals surface area contributed by atoms with Crippen LogP contribution in [0.5, 0.6) is 0 Å². The molecular weight excluding hydrogens is 178 g/mol. The maximum Gasteiger partial charge on any atom is 0.251 e. The number of nitrogens with zero attached hydrogens (tertiary/aromatic N) is 1. The molecule has 14 heavy (non-hydrogen) atoms. The molecule has 0 rings (SSSR count). The zero-order valence-electron chi connectivity index (χ0n) is 9.71. The van der Waals surface area contributed by atoms with Gasteiger partial charge in [-0.1, -0.05) is 20.8 Å². The van der Waals surface area contributed by atoms with Crippen molar-refractivity contribution in [3.8, 4) is 0 Å². The number of rotatable bonds is 6. The number of amides is 1. The molecule has 1 unspecified atom stereocenters. The molecule has 0 aliphatic rings. The average molecular weight is 201 g/mol. The fraction of sp³-hybridized carbons (Fsp3) is 0.900. The number of hydrogen-bond acceptors (Lipinski definition) is 3. The van der Waals surface area contributed by atoms with Crippen molar-refractivity contribution in [2.45, 2.75) is 39.7 Å². The Kier molecular flexibility index (Phi) is 6.49. The monoisotopic (exact) mass is 201 g/mol. The van der Waals surface area contributed by atoms with Crippen LogP contribution >= 0.6 is 0 Å². The van der Waals surface area contributed by atoms with Gasteiger partial charge >= 0.3 is 0 Å². The summed E-state index contributed by atoms with van der Waals surface area (Å²) in [6.07, 6.45) is 1.89. The van der Waals surface area contributed by atoms with Crippen LogP contribution in [0.4, 0.5) is 0 Å². The maximum atomic E-state index is 11.4. The summed E-state index contributed by atoms with van der Waals surface area (Å²) in [6.45, 7) is 7.28. The summed E-state index contributed by atoms with van der Waals surface area (Å²) in [6, 6.07) is -0.0984. The van der Waals surface area contributed by atoms with Crippen LogP contribution in [0.3, 0.4) is 0 Å². The highest BCUT2D eigenvalue weighted by molar-refractivity contribution is 5.80. The summed E-state index contributed by atoms with van der Waals surface area (Å²) in [5.74, 6) is 5.68. The first-order valence-corrected chi connectivity index (χ1v) is 5.23. The van der Waals surface area contributed by atoms with Crippen LogP contribution in [0, 0.1) is 5.92 Å². The van der Waals surface area contributed by atoms with E-state index in [1.165, 1.54) is 0 Å². The topological polar surface area (TPSA) is 58.4 Å². The minimum atomic E-state index is -0.0984. The van der Waals surface area contributed by atoms with E-state index in [1.54, 1.807) is 0 Å². The molecule has 4 heteroatoms. The third-order valence-corrected chi connectivity index (χ3v) is 2.42. The first-order chi connectivity index (χ1) is 6.52. The van der Waals surface area contributed by atoms with Gasteiger partial charge in [0.15, 0.2) is 0 Å². The normalized spacial score (nSPS) is 13.4. The standard InChI is InChI=1S/C10H23N3O/c1-5-9(10(14)12-11)13(4)7-6-8(2)3/h8-9H,5-7,11H2,1-4H3,(H,12,14). The Morgan fingerprint density at radius 3 is 2.43 bits per heavy atom. The Morgan fingerprint density at radius 1 is 1.50 bits per heavy atom. The minimum absolute atomic E-state index is 0.0984. The molecule has 0 aromatic rings. The lowest BCUT2D eigenvalue weighted by molar-refractivity contribution is -0.126. The fourth-order valence-corrected chi connectivity index (χ4v) is 1.41. The summed E-state index contributed by atoms with van der Waals surface area (Å²) in [7, 11) is 1.96. The Bertz CT molecular complexity index is 171. The van der Waals surface area contributed by atoms with Gasteiger partial charge in [0.1, 0.15) is 0 Å². The van der Waals surface area contributed by atoms with E-state index in [9.17, 15) is 4.79 Å². The Hall–Kier alpha value is -0.610. The molecule has 0 radical (unpaired) electrons. The van der Waals surface area contributed by atoms with Crippen LogP contribution < -0.4 is 11.3 Å². The lowest BCUT2D eigenvalue weighted by atomic mass is 10.1. The van der Waals surface area contributed by atoms with E-state index in [1.807, 2.05) is 14.0 Å². The smallest absolute Gasteiger partial charge is 0.251 e. The lowest BCUT2D eigenvalue weighted by Gasteiger charge is -2.25. The first-order valence-electron chi connectivity index (χ1n) is 5.23. The summed E-state index contributed by atoms with van der Waals surface area (Å²) in [5.41, 5.74) is 2.20. The van der Waals surface area contributed by atoms with Gasteiger partial charge in [-0.05, 0) is 32.4 Å². The quantitative estimate of drug-likeness (QED) is 0.378. The molecule has 3 N–H and O–H groups in total. The molecule has 1 atom stereocenters. The summed E-state index contributed by atoms with van der Waals surface area (Å²) in [4.78, 5) is 13.4. The third-order valence-electron chi connectivity index (χ3n) is 2.42. The molecule has 0 heterocycles. The highest BCUT2D eigenvalue weighted by Crippen LogP contribution is 2.06. The Balaban J connectivity index is 4.04. The second kappa shape index (κ2) is 6.79. The zero-order valence-corrected chi connectivity index (χ0v) is 9.71. The predicted molar refractivity (Wildman–Crippen MR) is 58.5 cm³/mol. The maximum absolute atomic E-state index is 11.4. The molecule has 0 aliphatic heterocycles. The van der Waals surface area contributed by atoms with Crippen molar-refractivity contribution in [1.82, 2.24) is 10.3 Å². The molecule has 0 aromatic carbocycles. The van der Waals surface area contributed by atoms with Crippen molar-refractivity contribution in [3.05, 3.63) is 0 Å². The van der Waals surface area contributed by atoms with Gasteiger partial charge in [-0.3, -0.25) is 15.1 Å². The number of carbonyl (C=O) groups excluding carboxylic acids is 1. The number of nitrogens with one attached hydrogen (secondary N) is 1. The molecule has 0 aliphatic carbocycles. The molecule has 0 bridgehead atoms. The van der Waals surface area contributed by atoms with Gasteiger partial charge < -0.3 is 0 Å². The van der Waals surface area contributed by atoms with Crippen molar-refractivity contribution in [2.75, 3.05) is 13.6 Å². The van der Waals surface area contributed by atoms with Gasteiger partial charge in [0, 0.05) is 0 Å². The number of carbonyl (C=O) groups is 1. The second-order valence-corrected chi connectivity index (χ2v) is 4.10. The van der Waals surface area contributed by atoms with Gasteiger partial charge in [0.25, 0.3) is 5.91 Å². The van der Waals surface area contributed by atoms with Crippen LogP contribution in [0.15, 0.2) is 0 Å². The molecule has 0 saturated carbocycles. The molecule has 0 spiro atoms. The second-order valence-electron chi connectivity index (χ2n) is 4.10. The van der Waals surface area contributed by atoms with Crippen LogP contribution in [0.2, 0.25) is 0 Å². The molecule has 0 aromatic heterocycles. The highest BCUT2D eigenvalue weighted by Gasteiger charge is 2.19. The minimum Gasteiger partial charge on any atom is -0.295 e. The SMILES string of the molecule is CCC(C(=O)NN)N(C)CCC(C)C. The zero-order chi connectivity index (χ0) is 11.1. The molecule has 0 saturated heterocycles.